The lowest BCUT2D eigenvalue weighted by Crippen LogP contribution is -2.48. The molecule has 3 fully saturated rings. The molecule has 0 aromatic rings. The molecule has 0 aromatic carbocycles. The molecular weight excluding hydrogens is 391 g/mol. The Balaban J connectivity index is 0.00000176. The van der Waals surface area contributed by atoms with E-state index in [1.54, 1.807) is 0 Å². The maximum atomic E-state index is 5.89. The number of guanidine groups is 1. The molecule has 0 radical (unpaired) electrons. The zero-order chi connectivity index (χ0) is 14.7. The first kappa shape index (κ1) is 18.3. The van der Waals surface area contributed by atoms with Crippen molar-refractivity contribution in [2.45, 2.75) is 57.3 Å². The topological polar surface area (TPSA) is 48.9 Å². The Morgan fingerprint density at radius 3 is 2.68 bits per heavy atom. The van der Waals surface area contributed by atoms with Crippen LogP contribution < -0.4 is 10.6 Å². The van der Waals surface area contributed by atoms with Gasteiger partial charge in [0.15, 0.2) is 5.96 Å². The molecule has 2 bridgehead atoms. The van der Waals surface area contributed by atoms with E-state index in [9.17, 15) is 0 Å². The predicted molar refractivity (Wildman–Crippen MR) is 101 cm³/mol. The molecule has 0 amide bonds. The van der Waals surface area contributed by atoms with Gasteiger partial charge < -0.3 is 20.3 Å². The largest absolute Gasteiger partial charge is 0.373 e. The second-order valence-electron chi connectivity index (χ2n) is 6.93. The third kappa shape index (κ3) is 4.71. The zero-order valence-corrected chi connectivity index (χ0v) is 16.2. The zero-order valence-electron chi connectivity index (χ0n) is 13.9. The van der Waals surface area contributed by atoms with Gasteiger partial charge in [0.1, 0.15) is 0 Å². The van der Waals surface area contributed by atoms with Crippen LogP contribution in [0, 0.1) is 5.92 Å². The summed E-state index contributed by atoms with van der Waals surface area (Å²) in [6, 6.07) is 0.448. The highest BCUT2D eigenvalue weighted by Crippen LogP contribution is 2.34. The van der Waals surface area contributed by atoms with E-state index in [-0.39, 0.29) is 24.0 Å². The summed E-state index contributed by atoms with van der Waals surface area (Å²) in [7, 11) is 1.86. The molecule has 5 nitrogen and oxygen atoms in total. The Bertz CT molecular complexity index is 373. The Morgan fingerprint density at radius 2 is 2.09 bits per heavy atom. The first-order chi connectivity index (χ1) is 10.2. The van der Waals surface area contributed by atoms with Gasteiger partial charge in [-0.25, -0.2) is 0 Å². The lowest BCUT2D eigenvalue weighted by Gasteiger charge is -2.25. The van der Waals surface area contributed by atoms with E-state index in [1.807, 2.05) is 7.05 Å². The fourth-order valence-electron chi connectivity index (χ4n) is 3.90. The highest BCUT2D eigenvalue weighted by atomic mass is 127. The van der Waals surface area contributed by atoms with Gasteiger partial charge >= 0.3 is 0 Å². The molecule has 6 heteroatoms. The summed E-state index contributed by atoms with van der Waals surface area (Å²) in [6.07, 6.45) is 7.19. The molecule has 3 heterocycles. The van der Waals surface area contributed by atoms with E-state index >= 15 is 0 Å². The Labute approximate surface area is 151 Å². The van der Waals surface area contributed by atoms with E-state index < -0.39 is 0 Å². The van der Waals surface area contributed by atoms with Crippen LogP contribution in [0.25, 0.3) is 0 Å². The molecule has 0 aliphatic carbocycles. The minimum absolute atomic E-state index is 0. The molecular formula is C16H31IN4O. The average molecular weight is 422 g/mol. The van der Waals surface area contributed by atoms with Gasteiger partial charge in [-0.3, -0.25) is 4.99 Å². The molecule has 4 atom stereocenters. The van der Waals surface area contributed by atoms with Crippen molar-refractivity contribution in [3.8, 4) is 0 Å². The van der Waals surface area contributed by atoms with E-state index in [0.29, 0.717) is 24.2 Å². The van der Waals surface area contributed by atoms with Crippen LogP contribution in [-0.4, -0.2) is 62.3 Å². The van der Waals surface area contributed by atoms with Crippen LogP contribution >= 0.6 is 24.0 Å². The highest BCUT2D eigenvalue weighted by molar-refractivity contribution is 14.0. The van der Waals surface area contributed by atoms with Crippen molar-refractivity contribution in [2.75, 3.05) is 33.2 Å². The minimum atomic E-state index is 0. The van der Waals surface area contributed by atoms with E-state index in [1.165, 1.54) is 45.3 Å². The van der Waals surface area contributed by atoms with Gasteiger partial charge in [-0.15, -0.1) is 24.0 Å². The van der Waals surface area contributed by atoms with Crippen molar-refractivity contribution in [3.05, 3.63) is 0 Å². The molecule has 0 saturated carbocycles. The highest BCUT2D eigenvalue weighted by Gasteiger charge is 2.41. The summed E-state index contributed by atoms with van der Waals surface area (Å²) in [4.78, 5) is 6.94. The summed E-state index contributed by atoms with van der Waals surface area (Å²) >= 11 is 0. The second-order valence-corrected chi connectivity index (χ2v) is 6.93. The van der Waals surface area contributed by atoms with Crippen molar-refractivity contribution in [1.29, 1.82) is 0 Å². The number of aliphatic imine (C=N–C) groups is 1. The van der Waals surface area contributed by atoms with Crippen molar-refractivity contribution >= 4 is 29.9 Å². The maximum Gasteiger partial charge on any atom is 0.191 e. The Hall–Kier alpha value is -0.0800. The molecule has 22 heavy (non-hydrogen) atoms. The van der Waals surface area contributed by atoms with Gasteiger partial charge in [0.25, 0.3) is 0 Å². The second kappa shape index (κ2) is 8.68. The van der Waals surface area contributed by atoms with Crippen LogP contribution in [-0.2, 0) is 4.74 Å². The van der Waals surface area contributed by atoms with E-state index in [0.717, 1.165) is 18.9 Å². The average Bonchev–Trinajstić information content (AvgIpc) is 3.20. The first-order valence-corrected chi connectivity index (χ1v) is 8.59. The SMILES string of the molecule is CN=C(NCC(C)CN1CCCC1)NC1CC2CCC1O2.I. The number of likely N-dealkylation sites (tertiary alicyclic amines) is 1. The molecule has 3 aliphatic rings. The predicted octanol–water partition coefficient (Wildman–Crippen LogP) is 1.82. The standard InChI is InChI=1S/C16H30N4O.HI/c1-12(11-20-7-3-4-8-20)10-18-16(17-2)19-14-9-13-5-6-15(14)21-13;/h12-15H,3-11H2,1-2H3,(H2,17,18,19);1H. The minimum Gasteiger partial charge on any atom is -0.373 e. The molecule has 4 unspecified atom stereocenters. The van der Waals surface area contributed by atoms with Crippen LogP contribution in [0.4, 0.5) is 0 Å². The van der Waals surface area contributed by atoms with Crippen molar-refractivity contribution in [1.82, 2.24) is 15.5 Å². The Kier molecular flexibility index (Phi) is 7.21. The quantitative estimate of drug-likeness (QED) is 0.403. The third-order valence-electron chi connectivity index (χ3n) is 5.04. The van der Waals surface area contributed by atoms with Gasteiger partial charge in [-0.2, -0.15) is 0 Å². The molecule has 3 saturated heterocycles. The molecule has 0 aromatic heterocycles. The lowest BCUT2D eigenvalue weighted by atomic mass is 9.96. The van der Waals surface area contributed by atoms with Gasteiger partial charge in [-0.1, -0.05) is 6.92 Å². The van der Waals surface area contributed by atoms with Crippen molar-refractivity contribution < 1.29 is 4.74 Å². The normalized spacial score (nSPS) is 32.8. The van der Waals surface area contributed by atoms with E-state index in [2.05, 4.69) is 27.4 Å². The number of halogens is 1. The maximum absolute atomic E-state index is 5.89. The lowest BCUT2D eigenvalue weighted by molar-refractivity contribution is 0.0992. The third-order valence-corrected chi connectivity index (χ3v) is 5.04. The fraction of sp³-hybridized carbons (Fsp3) is 0.938. The fourth-order valence-corrected chi connectivity index (χ4v) is 3.90. The van der Waals surface area contributed by atoms with Gasteiger partial charge in [-0.05, 0) is 51.1 Å². The monoisotopic (exact) mass is 422 g/mol. The number of nitrogens with one attached hydrogen (secondary N) is 2. The van der Waals surface area contributed by atoms with Gasteiger partial charge in [0.05, 0.1) is 18.2 Å². The molecule has 128 valence electrons. The van der Waals surface area contributed by atoms with Crippen LogP contribution in [0.1, 0.15) is 39.0 Å². The molecule has 0 spiro atoms. The summed E-state index contributed by atoms with van der Waals surface area (Å²) < 4.78 is 5.89. The van der Waals surface area contributed by atoms with Gasteiger partial charge in [0.2, 0.25) is 0 Å². The summed E-state index contributed by atoms with van der Waals surface area (Å²) in [5, 5.41) is 7.03. The van der Waals surface area contributed by atoms with Gasteiger partial charge in [0, 0.05) is 20.1 Å². The van der Waals surface area contributed by atoms with Crippen LogP contribution in [0.2, 0.25) is 0 Å². The summed E-state index contributed by atoms with van der Waals surface area (Å²) in [5.74, 6) is 1.59. The first-order valence-electron chi connectivity index (χ1n) is 8.59. The van der Waals surface area contributed by atoms with Crippen molar-refractivity contribution in [3.63, 3.8) is 0 Å². The van der Waals surface area contributed by atoms with Crippen molar-refractivity contribution in [2.24, 2.45) is 10.9 Å². The molecule has 2 N–H and O–H groups in total. The molecule has 3 aliphatic heterocycles. The number of fused-ring (bicyclic) bond motifs is 2. The van der Waals surface area contributed by atoms with Crippen LogP contribution in [0.3, 0.4) is 0 Å². The smallest absolute Gasteiger partial charge is 0.191 e. The number of ether oxygens (including phenoxy) is 1. The number of rotatable bonds is 5. The molecule has 3 rings (SSSR count). The van der Waals surface area contributed by atoms with Crippen LogP contribution in [0.5, 0.6) is 0 Å². The summed E-state index contributed by atoms with van der Waals surface area (Å²) in [5.41, 5.74) is 0. The number of nitrogens with zero attached hydrogens (tertiary/aromatic N) is 2. The van der Waals surface area contributed by atoms with E-state index in [4.69, 9.17) is 4.74 Å². The number of hydrogen-bond donors (Lipinski definition) is 2. The van der Waals surface area contributed by atoms with Crippen LogP contribution in [0.15, 0.2) is 4.99 Å². The summed E-state index contributed by atoms with van der Waals surface area (Å²) in [6.45, 7) is 7.05. The Morgan fingerprint density at radius 1 is 1.32 bits per heavy atom. The number of hydrogen-bond acceptors (Lipinski definition) is 3.